The standard InChI is InChI=1S/C5H14OSi/c1-5(2,6-3)7-4/h7H2,1-4H3. The molecule has 0 aliphatic rings. The fourth-order valence-corrected chi connectivity index (χ4v) is 0.433. The van der Waals surface area contributed by atoms with Crippen LogP contribution in [0.4, 0.5) is 0 Å². The maximum absolute atomic E-state index is 5.15. The summed E-state index contributed by atoms with van der Waals surface area (Å²) >= 11 is 0. The Morgan fingerprint density at radius 2 is 1.86 bits per heavy atom. The highest BCUT2D eigenvalue weighted by atomic mass is 28.2. The molecule has 2 heteroatoms. The van der Waals surface area contributed by atoms with Crippen molar-refractivity contribution in [3.05, 3.63) is 0 Å². The molecule has 0 amide bonds. The third-order valence-corrected chi connectivity index (χ3v) is 3.40. The Morgan fingerprint density at radius 1 is 1.43 bits per heavy atom. The van der Waals surface area contributed by atoms with E-state index in [1.54, 1.807) is 7.11 Å². The van der Waals surface area contributed by atoms with Gasteiger partial charge >= 0.3 is 0 Å². The third-order valence-electron chi connectivity index (χ3n) is 1.40. The third kappa shape index (κ3) is 2.82. The summed E-state index contributed by atoms with van der Waals surface area (Å²) in [6, 6.07) is 0. The zero-order valence-corrected chi connectivity index (χ0v) is 7.03. The van der Waals surface area contributed by atoms with Gasteiger partial charge in [-0.25, -0.2) is 0 Å². The first-order valence-electron chi connectivity index (χ1n) is 2.67. The van der Waals surface area contributed by atoms with Gasteiger partial charge in [-0.1, -0.05) is 6.55 Å². The molecule has 0 radical (unpaired) electrons. The summed E-state index contributed by atoms with van der Waals surface area (Å²) in [4.78, 5) is 0. The van der Waals surface area contributed by atoms with Gasteiger partial charge in [0.15, 0.2) is 0 Å². The monoisotopic (exact) mass is 118 g/mol. The first-order valence-corrected chi connectivity index (χ1v) is 4.79. The Hall–Kier alpha value is 0.177. The van der Waals surface area contributed by atoms with Gasteiger partial charge in [-0.2, -0.15) is 0 Å². The van der Waals surface area contributed by atoms with Gasteiger partial charge in [-0.15, -0.1) is 0 Å². The van der Waals surface area contributed by atoms with Crippen LogP contribution in [-0.2, 0) is 4.74 Å². The van der Waals surface area contributed by atoms with Gasteiger partial charge in [0.2, 0.25) is 0 Å². The lowest BCUT2D eigenvalue weighted by atomic mass is 10.5. The average molecular weight is 118 g/mol. The number of ether oxygens (including phenoxy) is 1. The van der Waals surface area contributed by atoms with Crippen LogP contribution in [0, 0.1) is 0 Å². The summed E-state index contributed by atoms with van der Waals surface area (Å²) in [5.74, 6) is 0. The highest BCUT2D eigenvalue weighted by Gasteiger charge is 2.11. The van der Waals surface area contributed by atoms with Crippen LogP contribution in [0.15, 0.2) is 0 Å². The van der Waals surface area contributed by atoms with Crippen molar-refractivity contribution in [2.45, 2.75) is 25.6 Å². The van der Waals surface area contributed by atoms with E-state index in [1.807, 2.05) is 0 Å². The van der Waals surface area contributed by atoms with Crippen molar-refractivity contribution in [2.24, 2.45) is 0 Å². The topological polar surface area (TPSA) is 9.23 Å². The number of methoxy groups -OCH3 is 1. The Kier molecular flexibility index (Phi) is 2.54. The molecule has 0 heterocycles. The normalized spacial score (nSPS) is 13.7. The second kappa shape index (κ2) is 2.48. The van der Waals surface area contributed by atoms with Crippen LogP contribution < -0.4 is 0 Å². The molecule has 0 saturated carbocycles. The molecule has 7 heavy (non-hydrogen) atoms. The molecular formula is C5H14OSi. The SMILES string of the molecule is COC(C)(C)[SiH2]C. The minimum atomic E-state index is 0.0197. The van der Waals surface area contributed by atoms with E-state index in [9.17, 15) is 0 Å². The molecule has 0 N–H and O–H groups in total. The molecule has 0 aromatic heterocycles. The van der Waals surface area contributed by atoms with Gasteiger partial charge < -0.3 is 4.74 Å². The van der Waals surface area contributed by atoms with Crippen LogP contribution in [0.5, 0.6) is 0 Å². The van der Waals surface area contributed by atoms with Crippen molar-refractivity contribution in [3.63, 3.8) is 0 Å². The minimum Gasteiger partial charge on any atom is -0.383 e. The van der Waals surface area contributed by atoms with Crippen molar-refractivity contribution in [2.75, 3.05) is 7.11 Å². The summed E-state index contributed by atoms with van der Waals surface area (Å²) in [5.41, 5.74) is 0. The van der Waals surface area contributed by atoms with E-state index in [2.05, 4.69) is 20.4 Å². The number of rotatable bonds is 2. The van der Waals surface area contributed by atoms with Crippen molar-refractivity contribution < 1.29 is 4.74 Å². The molecule has 0 fully saturated rings. The second-order valence-electron chi connectivity index (χ2n) is 2.32. The zero-order chi connectivity index (χ0) is 5.91. The summed E-state index contributed by atoms with van der Waals surface area (Å²) < 4.78 is 5.15. The van der Waals surface area contributed by atoms with E-state index in [-0.39, 0.29) is 14.7 Å². The first-order chi connectivity index (χ1) is 3.12. The molecule has 0 aliphatic heterocycles. The summed E-state index contributed by atoms with van der Waals surface area (Å²) in [6.07, 6.45) is 0. The van der Waals surface area contributed by atoms with Crippen LogP contribution in [-0.4, -0.2) is 21.9 Å². The van der Waals surface area contributed by atoms with Crippen molar-refractivity contribution >= 4 is 9.52 Å². The van der Waals surface area contributed by atoms with E-state index in [1.165, 1.54) is 0 Å². The van der Waals surface area contributed by atoms with E-state index in [0.717, 1.165) is 0 Å². The fraction of sp³-hybridized carbons (Fsp3) is 1.00. The largest absolute Gasteiger partial charge is 0.383 e. The average Bonchev–Trinajstić information content (AvgIpc) is 1.68. The Morgan fingerprint density at radius 3 is 1.86 bits per heavy atom. The predicted molar refractivity (Wildman–Crippen MR) is 35.5 cm³/mol. The van der Waals surface area contributed by atoms with Crippen LogP contribution >= 0.6 is 0 Å². The van der Waals surface area contributed by atoms with Crippen LogP contribution in [0.3, 0.4) is 0 Å². The van der Waals surface area contributed by atoms with Gasteiger partial charge in [0, 0.05) is 12.3 Å². The number of hydrogen-bond donors (Lipinski definition) is 0. The Labute approximate surface area is 47.9 Å². The van der Waals surface area contributed by atoms with Gasteiger partial charge in [0.1, 0.15) is 0 Å². The van der Waals surface area contributed by atoms with Gasteiger partial charge in [0.25, 0.3) is 0 Å². The molecule has 0 aromatic rings. The van der Waals surface area contributed by atoms with E-state index in [0.29, 0.717) is 0 Å². The molecule has 1 nitrogen and oxygen atoms in total. The molecule has 0 aliphatic carbocycles. The van der Waals surface area contributed by atoms with E-state index >= 15 is 0 Å². The lowest BCUT2D eigenvalue weighted by molar-refractivity contribution is 0.0928. The van der Waals surface area contributed by atoms with Gasteiger partial charge in [-0.05, 0) is 13.8 Å². The molecule has 0 atom stereocenters. The van der Waals surface area contributed by atoms with Gasteiger partial charge in [0.05, 0.1) is 9.52 Å². The van der Waals surface area contributed by atoms with Gasteiger partial charge in [-0.3, -0.25) is 0 Å². The molecule has 0 bridgehead atoms. The highest BCUT2D eigenvalue weighted by Crippen LogP contribution is 2.02. The summed E-state index contributed by atoms with van der Waals surface area (Å²) in [7, 11) is 1.79. The quantitative estimate of drug-likeness (QED) is 0.482. The van der Waals surface area contributed by atoms with Crippen molar-refractivity contribution in [3.8, 4) is 0 Å². The smallest absolute Gasteiger partial charge is 0.0557 e. The first kappa shape index (κ1) is 7.18. The molecule has 0 rings (SSSR count). The van der Waals surface area contributed by atoms with Crippen molar-refractivity contribution in [1.82, 2.24) is 0 Å². The van der Waals surface area contributed by atoms with E-state index in [4.69, 9.17) is 4.74 Å². The second-order valence-corrected chi connectivity index (χ2v) is 4.73. The maximum atomic E-state index is 5.15. The maximum Gasteiger partial charge on any atom is 0.0557 e. The summed E-state index contributed by atoms with van der Waals surface area (Å²) in [5, 5.41) is 0.222. The molecule has 0 saturated heterocycles. The molecule has 0 aromatic carbocycles. The lowest BCUT2D eigenvalue weighted by Crippen LogP contribution is -2.28. The zero-order valence-electron chi connectivity index (χ0n) is 5.62. The molecular weight excluding hydrogens is 104 g/mol. The van der Waals surface area contributed by atoms with Crippen LogP contribution in [0.25, 0.3) is 0 Å². The minimum absolute atomic E-state index is 0.0197. The van der Waals surface area contributed by atoms with Crippen LogP contribution in [0.2, 0.25) is 6.55 Å². The molecule has 0 unspecified atom stereocenters. The molecule has 44 valence electrons. The molecule has 0 spiro atoms. The Balaban J connectivity index is 3.36. The lowest BCUT2D eigenvalue weighted by Gasteiger charge is -2.19. The summed E-state index contributed by atoms with van der Waals surface area (Å²) in [6.45, 7) is 6.53. The van der Waals surface area contributed by atoms with Crippen LogP contribution in [0.1, 0.15) is 13.8 Å². The fourth-order valence-electron chi connectivity index (χ4n) is 0.144. The van der Waals surface area contributed by atoms with Crippen molar-refractivity contribution in [1.29, 1.82) is 0 Å². The highest BCUT2D eigenvalue weighted by molar-refractivity contribution is 6.37. The predicted octanol–water partition coefficient (Wildman–Crippen LogP) is 0.586. The number of hydrogen-bond acceptors (Lipinski definition) is 1. The van der Waals surface area contributed by atoms with E-state index < -0.39 is 0 Å². The Bertz CT molecular complexity index is 46.0.